The molecular weight excluding hydrogens is 216 g/mol. The summed E-state index contributed by atoms with van der Waals surface area (Å²) in [5.74, 6) is 0.654. The van der Waals surface area contributed by atoms with Crippen LogP contribution in [0, 0.1) is 23.2 Å². The van der Waals surface area contributed by atoms with Gasteiger partial charge in [0.15, 0.2) is 0 Å². The van der Waals surface area contributed by atoms with Crippen molar-refractivity contribution in [2.45, 2.75) is 38.6 Å². The molecule has 0 aromatic carbocycles. The number of rotatable bonds is 4. The molecule has 1 aliphatic heterocycles. The predicted octanol–water partition coefficient (Wildman–Crippen LogP) is 1.56. The summed E-state index contributed by atoms with van der Waals surface area (Å²) in [5.41, 5.74) is 0. The smallest absolute Gasteiger partial charge is 0.226 e. The van der Waals surface area contributed by atoms with Crippen LogP contribution in [0.2, 0.25) is 0 Å². The molecule has 1 saturated carbocycles. The van der Waals surface area contributed by atoms with Crippen molar-refractivity contribution in [2.75, 3.05) is 19.8 Å². The molecule has 2 fully saturated rings. The largest absolute Gasteiger partial charge is 0.381 e. The van der Waals surface area contributed by atoms with Gasteiger partial charge in [0.2, 0.25) is 5.91 Å². The lowest BCUT2D eigenvalue weighted by atomic mass is 9.88. The van der Waals surface area contributed by atoms with E-state index in [1.807, 2.05) is 4.90 Å². The van der Waals surface area contributed by atoms with E-state index in [9.17, 15) is 4.79 Å². The van der Waals surface area contributed by atoms with Crippen LogP contribution in [0.5, 0.6) is 0 Å². The molecule has 4 heteroatoms. The minimum Gasteiger partial charge on any atom is -0.381 e. The highest BCUT2D eigenvalue weighted by Crippen LogP contribution is 2.31. The third-order valence-electron chi connectivity index (χ3n) is 3.69. The quantitative estimate of drug-likeness (QED) is 0.744. The number of hydrogen-bond acceptors (Lipinski definition) is 3. The molecule has 0 aromatic rings. The van der Waals surface area contributed by atoms with Crippen molar-refractivity contribution in [1.82, 2.24) is 4.90 Å². The van der Waals surface area contributed by atoms with Gasteiger partial charge >= 0.3 is 0 Å². The number of hydrogen-bond donors (Lipinski definition) is 0. The maximum atomic E-state index is 12.5. The standard InChI is InChI=1S/C13H20N2O2/c1-10-9-17-8-5-12(10)13(16)15(7-2-6-14)11-3-4-11/h10-12H,2-5,7-9H2,1H3. The van der Waals surface area contributed by atoms with Gasteiger partial charge in [0.25, 0.3) is 0 Å². The average molecular weight is 236 g/mol. The maximum Gasteiger partial charge on any atom is 0.226 e. The van der Waals surface area contributed by atoms with Gasteiger partial charge in [-0.15, -0.1) is 0 Å². The summed E-state index contributed by atoms with van der Waals surface area (Å²) in [7, 11) is 0. The molecule has 1 aliphatic carbocycles. The van der Waals surface area contributed by atoms with Gasteiger partial charge in [-0.3, -0.25) is 4.79 Å². The van der Waals surface area contributed by atoms with Gasteiger partial charge in [-0.25, -0.2) is 0 Å². The zero-order chi connectivity index (χ0) is 12.3. The van der Waals surface area contributed by atoms with Gasteiger partial charge < -0.3 is 9.64 Å². The van der Waals surface area contributed by atoms with Crippen molar-refractivity contribution in [2.24, 2.45) is 11.8 Å². The first-order valence-corrected chi connectivity index (χ1v) is 6.49. The number of carbonyl (C=O) groups is 1. The van der Waals surface area contributed by atoms with Crippen LogP contribution in [0.1, 0.15) is 32.6 Å². The Morgan fingerprint density at radius 3 is 2.82 bits per heavy atom. The van der Waals surface area contributed by atoms with Crippen molar-refractivity contribution in [3.63, 3.8) is 0 Å². The molecule has 94 valence electrons. The van der Waals surface area contributed by atoms with Crippen LogP contribution in [0.3, 0.4) is 0 Å². The van der Waals surface area contributed by atoms with Crippen molar-refractivity contribution in [1.29, 1.82) is 5.26 Å². The topological polar surface area (TPSA) is 53.3 Å². The van der Waals surface area contributed by atoms with E-state index >= 15 is 0 Å². The van der Waals surface area contributed by atoms with E-state index in [0.717, 1.165) is 19.3 Å². The number of nitrogens with zero attached hydrogens (tertiary/aromatic N) is 2. The van der Waals surface area contributed by atoms with E-state index in [4.69, 9.17) is 10.00 Å². The number of ether oxygens (including phenoxy) is 1. The van der Waals surface area contributed by atoms with E-state index in [1.54, 1.807) is 0 Å². The molecule has 4 nitrogen and oxygen atoms in total. The molecule has 1 amide bonds. The van der Waals surface area contributed by atoms with Crippen LogP contribution in [-0.4, -0.2) is 36.6 Å². The van der Waals surface area contributed by atoms with Gasteiger partial charge in [-0.05, 0) is 25.2 Å². The Morgan fingerprint density at radius 1 is 1.47 bits per heavy atom. The molecule has 1 saturated heterocycles. The fourth-order valence-electron chi connectivity index (χ4n) is 2.49. The molecule has 1 heterocycles. The molecule has 17 heavy (non-hydrogen) atoms. The molecule has 0 N–H and O–H groups in total. The molecular formula is C13H20N2O2. The zero-order valence-corrected chi connectivity index (χ0v) is 10.4. The third-order valence-corrected chi connectivity index (χ3v) is 3.69. The second-order valence-corrected chi connectivity index (χ2v) is 5.12. The fraction of sp³-hybridized carbons (Fsp3) is 0.846. The van der Waals surface area contributed by atoms with Gasteiger partial charge in [-0.1, -0.05) is 6.92 Å². The van der Waals surface area contributed by atoms with Gasteiger partial charge in [0.1, 0.15) is 0 Å². The summed E-state index contributed by atoms with van der Waals surface area (Å²) >= 11 is 0. The van der Waals surface area contributed by atoms with E-state index in [0.29, 0.717) is 38.1 Å². The van der Waals surface area contributed by atoms with Gasteiger partial charge in [0.05, 0.1) is 12.5 Å². The van der Waals surface area contributed by atoms with Crippen LogP contribution in [-0.2, 0) is 9.53 Å². The van der Waals surface area contributed by atoms with Crippen LogP contribution in [0.15, 0.2) is 0 Å². The second-order valence-electron chi connectivity index (χ2n) is 5.12. The van der Waals surface area contributed by atoms with E-state index in [2.05, 4.69) is 13.0 Å². The Morgan fingerprint density at radius 2 is 2.24 bits per heavy atom. The SMILES string of the molecule is CC1COCCC1C(=O)N(CCC#N)C1CC1. The summed E-state index contributed by atoms with van der Waals surface area (Å²) in [5, 5.41) is 8.65. The fourth-order valence-corrected chi connectivity index (χ4v) is 2.49. The van der Waals surface area contributed by atoms with E-state index in [1.165, 1.54) is 0 Å². The predicted molar refractivity (Wildman–Crippen MR) is 63.1 cm³/mol. The Bertz CT molecular complexity index is 320. The highest BCUT2D eigenvalue weighted by Gasteiger charge is 2.38. The third kappa shape index (κ3) is 2.98. The number of amides is 1. The van der Waals surface area contributed by atoms with Crippen LogP contribution in [0.25, 0.3) is 0 Å². The summed E-state index contributed by atoms with van der Waals surface area (Å²) < 4.78 is 5.38. The van der Waals surface area contributed by atoms with Gasteiger partial charge in [-0.2, -0.15) is 5.26 Å². The summed E-state index contributed by atoms with van der Waals surface area (Å²) in [6, 6.07) is 2.54. The molecule has 2 unspecified atom stereocenters. The van der Waals surface area contributed by atoms with Crippen molar-refractivity contribution >= 4 is 5.91 Å². The highest BCUT2D eigenvalue weighted by molar-refractivity contribution is 5.80. The molecule has 0 aromatic heterocycles. The Hall–Kier alpha value is -1.08. The van der Waals surface area contributed by atoms with Gasteiger partial charge in [0, 0.05) is 31.7 Å². The second kappa shape index (κ2) is 5.50. The van der Waals surface area contributed by atoms with Crippen LogP contribution < -0.4 is 0 Å². The van der Waals surface area contributed by atoms with Crippen molar-refractivity contribution < 1.29 is 9.53 Å². The van der Waals surface area contributed by atoms with Crippen molar-refractivity contribution in [3.05, 3.63) is 0 Å². The zero-order valence-electron chi connectivity index (χ0n) is 10.4. The van der Waals surface area contributed by atoms with Crippen LogP contribution in [0.4, 0.5) is 0 Å². The first-order chi connectivity index (χ1) is 8.24. The molecule has 2 aliphatic rings. The first kappa shape index (κ1) is 12.4. The highest BCUT2D eigenvalue weighted by atomic mass is 16.5. The normalized spacial score (nSPS) is 28.5. The summed E-state index contributed by atoms with van der Waals surface area (Å²) in [4.78, 5) is 14.4. The molecule has 0 spiro atoms. The van der Waals surface area contributed by atoms with E-state index in [-0.39, 0.29) is 11.8 Å². The number of nitriles is 1. The van der Waals surface area contributed by atoms with E-state index < -0.39 is 0 Å². The Labute approximate surface area is 103 Å². The van der Waals surface area contributed by atoms with Crippen molar-refractivity contribution in [3.8, 4) is 6.07 Å². The minimum atomic E-state index is 0.100. The lowest BCUT2D eigenvalue weighted by Crippen LogP contribution is -2.43. The lowest BCUT2D eigenvalue weighted by Gasteiger charge is -2.33. The number of carbonyl (C=O) groups excluding carboxylic acids is 1. The first-order valence-electron chi connectivity index (χ1n) is 6.49. The monoisotopic (exact) mass is 236 g/mol. The molecule has 2 atom stereocenters. The molecule has 0 bridgehead atoms. The molecule has 0 radical (unpaired) electrons. The summed E-state index contributed by atoms with van der Waals surface area (Å²) in [6.45, 7) is 4.06. The minimum absolute atomic E-state index is 0.100. The Kier molecular flexibility index (Phi) is 4.01. The lowest BCUT2D eigenvalue weighted by molar-refractivity contribution is -0.141. The summed E-state index contributed by atoms with van der Waals surface area (Å²) in [6.07, 6.45) is 3.49. The maximum absolute atomic E-state index is 12.5. The Balaban J connectivity index is 1.97. The molecule has 2 rings (SSSR count). The average Bonchev–Trinajstić information content (AvgIpc) is 3.14. The van der Waals surface area contributed by atoms with Crippen LogP contribution >= 0.6 is 0 Å².